The molecule has 0 radical (unpaired) electrons. The predicted molar refractivity (Wildman–Crippen MR) is 180 cm³/mol. The van der Waals surface area contributed by atoms with Crippen LogP contribution in [0.15, 0.2) is 0 Å². The fraction of sp³-hybridized carbons (Fsp3) is 0.806. The first kappa shape index (κ1) is 43.2. The molecule has 2 atom stereocenters. The van der Waals surface area contributed by atoms with E-state index in [9.17, 15) is 33.6 Å². The number of rotatable bonds is 31. The maximum absolute atomic E-state index is 13.1. The van der Waals surface area contributed by atoms with Crippen LogP contribution in [0, 0.1) is 17.8 Å². The molecule has 1 rings (SSSR count). The van der Waals surface area contributed by atoms with Crippen LogP contribution in [-0.2, 0) is 47.8 Å². The van der Waals surface area contributed by atoms with Crippen molar-refractivity contribution in [2.45, 2.75) is 118 Å². The molecule has 1 fully saturated rings. The largest absolute Gasteiger partial charge is 0.379 e. The molecule has 274 valence electrons. The molecule has 0 bridgehead atoms. The number of ketones is 4. The Hall–Kier alpha value is -2.83. The molecule has 12 nitrogen and oxygen atoms in total. The summed E-state index contributed by atoms with van der Waals surface area (Å²) in [5, 5.41) is 2.72. The van der Waals surface area contributed by atoms with E-state index in [1.807, 2.05) is 13.8 Å². The van der Waals surface area contributed by atoms with Crippen molar-refractivity contribution < 1.29 is 47.8 Å². The Kier molecular flexibility index (Phi) is 23.5. The summed E-state index contributed by atoms with van der Waals surface area (Å²) in [5.74, 6) is -1.33. The molecule has 12 heteroatoms. The topological polar surface area (TPSA) is 162 Å². The monoisotopic (exact) mass is 680 g/mol. The Morgan fingerprint density at radius 3 is 1.92 bits per heavy atom. The number of Topliss-reactive ketones (excluding diaryl/α,β-unsaturated/α-hetero) is 4. The van der Waals surface area contributed by atoms with E-state index in [0.29, 0.717) is 65.3 Å². The zero-order chi connectivity index (χ0) is 35.7. The van der Waals surface area contributed by atoms with E-state index in [0.717, 1.165) is 25.7 Å². The van der Waals surface area contributed by atoms with Gasteiger partial charge in [0.25, 0.3) is 0 Å². The summed E-state index contributed by atoms with van der Waals surface area (Å²) in [4.78, 5) is 85.7. The average molecular weight is 681 g/mol. The SMILES string of the molecule is CCC(=O)[C@H](CCCNC(C)=O)CC(=O)[C@@H](CC(=O)CCOCCOCCOCCCCCCC(=O)CCN1C(=O)CCC1=O)C(C)C. The summed E-state index contributed by atoms with van der Waals surface area (Å²) in [6.45, 7) is 10.2. The third-order valence-electron chi connectivity index (χ3n) is 8.55. The van der Waals surface area contributed by atoms with Crippen molar-refractivity contribution in [2.24, 2.45) is 17.8 Å². The number of nitrogens with one attached hydrogen (secondary N) is 1. The average Bonchev–Trinajstić information content (AvgIpc) is 3.37. The molecule has 0 aromatic rings. The normalized spacial score (nSPS) is 14.4. The maximum atomic E-state index is 13.1. The van der Waals surface area contributed by atoms with Gasteiger partial charge in [0.15, 0.2) is 0 Å². The van der Waals surface area contributed by atoms with Gasteiger partial charge in [0.1, 0.15) is 23.1 Å². The van der Waals surface area contributed by atoms with Crippen molar-refractivity contribution in [1.82, 2.24) is 10.2 Å². The highest BCUT2D eigenvalue weighted by Crippen LogP contribution is 2.24. The van der Waals surface area contributed by atoms with Gasteiger partial charge in [0, 0.05) is 89.8 Å². The van der Waals surface area contributed by atoms with Gasteiger partial charge < -0.3 is 19.5 Å². The molecule has 48 heavy (non-hydrogen) atoms. The van der Waals surface area contributed by atoms with Gasteiger partial charge in [0.2, 0.25) is 17.7 Å². The highest BCUT2D eigenvalue weighted by Gasteiger charge is 2.30. The maximum Gasteiger partial charge on any atom is 0.229 e. The molecule has 1 saturated heterocycles. The Balaban J connectivity index is 2.06. The van der Waals surface area contributed by atoms with Crippen molar-refractivity contribution in [2.75, 3.05) is 52.7 Å². The van der Waals surface area contributed by atoms with Crippen LogP contribution in [0.5, 0.6) is 0 Å². The number of hydrogen-bond donors (Lipinski definition) is 1. The van der Waals surface area contributed by atoms with Gasteiger partial charge in [-0.2, -0.15) is 0 Å². The van der Waals surface area contributed by atoms with E-state index < -0.39 is 11.8 Å². The van der Waals surface area contributed by atoms with Crippen molar-refractivity contribution >= 4 is 40.9 Å². The summed E-state index contributed by atoms with van der Waals surface area (Å²) < 4.78 is 16.6. The van der Waals surface area contributed by atoms with E-state index >= 15 is 0 Å². The van der Waals surface area contributed by atoms with Crippen molar-refractivity contribution in [3.63, 3.8) is 0 Å². The lowest BCUT2D eigenvalue weighted by molar-refractivity contribution is -0.138. The third-order valence-corrected chi connectivity index (χ3v) is 8.55. The van der Waals surface area contributed by atoms with Crippen LogP contribution in [0.25, 0.3) is 0 Å². The second-order valence-corrected chi connectivity index (χ2v) is 12.9. The van der Waals surface area contributed by atoms with Gasteiger partial charge in [-0.05, 0) is 31.6 Å². The van der Waals surface area contributed by atoms with Gasteiger partial charge in [-0.1, -0.05) is 33.6 Å². The molecule has 0 aromatic heterocycles. The van der Waals surface area contributed by atoms with E-state index in [-0.39, 0.29) is 98.4 Å². The van der Waals surface area contributed by atoms with Crippen molar-refractivity contribution in [1.29, 1.82) is 0 Å². The summed E-state index contributed by atoms with van der Waals surface area (Å²) in [5.41, 5.74) is 0. The number of carbonyl (C=O) groups is 7. The molecule has 0 aromatic carbocycles. The highest BCUT2D eigenvalue weighted by atomic mass is 16.5. The molecule has 0 spiro atoms. The first-order valence-electron chi connectivity index (χ1n) is 17.9. The van der Waals surface area contributed by atoms with Gasteiger partial charge in [-0.15, -0.1) is 0 Å². The molecule has 1 heterocycles. The van der Waals surface area contributed by atoms with Gasteiger partial charge in [-0.3, -0.25) is 38.5 Å². The number of ether oxygens (including phenoxy) is 3. The van der Waals surface area contributed by atoms with Crippen molar-refractivity contribution in [3.05, 3.63) is 0 Å². The predicted octanol–water partition coefficient (Wildman–Crippen LogP) is 4.19. The van der Waals surface area contributed by atoms with Crippen LogP contribution in [0.4, 0.5) is 0 Å². The number of likely N-dealkylation sites (tertiary alicyclic amines) is 1. The fourth-order valence-electron chi connectivity index (χ4n) is 5.58. The van der Waals surface area contributed by atoms with Crippen LogP contribution < -0.4 is 5.32 Å². The van der Waals surface area contributed by atoms with Gasteiger partial charge >= 0.3 is 0 Å². The van der Waals surface area contributed by atoms with E-state index in [2.05, 4.69) is 5.32 Å². The molecule has 1 aliphatic heterocycles. The molecule has 3 amide bonds. The van der Waals surface area contributed by atoms with Gasteiger partial charge in [-0.25, -0.2) is 0 Å². The van der Waals surface area contributed by atoms with Crippen LogP contribution >= 0.6 is 0 Å². The molecule has 0 unspecified atom stereocenters. The Bertz CT molecular complexity index is 1010. The Labute approximate surface area is 286 Å². The number of hydrogen-bond acceptors (Lipinski definition) is 10. The summed E-state index contributed by atoms with van der Waals surface area (Å²) >= 11 is 0. The summed E-state index contributed by atoms with van der Waals surface area (Å²) in [7, 11) is 0. The van der Waals surface area contributed by atoms with E-state index in [4.69, 9.17) is 14.2 Å². The number of amides is 3. The minimum Gasteiger partial charge on any atom is -0.379 e. The molecule has 1 N–H and O–H groups in total. The van der Waals surface area contributed by atoms with Crippen LogP contribution in [0.3, 0.4) is 0 Å². The zero-order valence-electron chi connectivity index (χ0n) is 29.8. The minimum absolute atomic E-state index is 0.0236. The standard InChI is InChI=1S/C36H60N2O10/c1-5-33(42)29(11-10-17-37-28(4)39)25-34(43)32(27(2)3)26-31(41)16-20-47-22-24-48-23-21-46-19-9-7-6-8-12-30(40)15-18-38-35(44)13-14-36(38)45/h27,29,32H,5-26H2,1-4H3,(H,37,39)/t29-,32+/m1/s1. The fourth-order valence-corrected chi connectivity index (χ4v) is 5.58. The lowest BCUT2D eigenvalue weighted by Gasteiger charge is -2.22. The van der Waals surface area contributed by atoms with E-state index in [1.165, 1.54) is 11.8 Å². The highest BCUT2D eigenvalue weighted by molar-refractivity contribution is 6.02. The third kappa shape index (κ3) is 19.9. The van der Waals surface area contributed by atoms with Crippen LogP contribution in [-0.4, -0.2) is 98.5 Å². The van der Waals surface area contributed by atoms with Gasteiger partial charge in [0.05, 0.1) is 33.0 Å². The molecular weight excluding hydrogens is 620 g/mol. The van der Waals surface area contributed by atoms with Crippen molar-refractivity contribution in [3.8, 4) is 0 Å². The molecular formula is C36H60N2O10. The smallest absolute Gasteiger partial charge is 0.229 e. The molecule has 0 aliphatic carbocycles. The van der Waals surface area contributed by atoms with Crippen LogP contribution in [0.2, 0.25) is 0 Å². The number of carbonyl (C=O) groups excluding carboxylic acids is 7. The first-order valence-corrected chi connectivity index (χ1v) is 17.9. The number of unbranched alkanes of at least 4 members (excludes halogenated alkanes) is 3. The summed E-state index contributed by atoms with van der Waals surface area (Å²) in [6.07, 6.45) is 6.73. The second kappa shape index (κ2) is 26.1. The second-order valence-electron chi connectivity index (χ2n) is 12.9. The number of imide groups is 1. The lowest BCUT2D eigenvalue weighted by atomic mass is 9.81. The lowest BCUT2D eigenvalue weighted by Crippen LogP contribution is -2.31. The quantitative estimate of drug-likeness (QED) is 0.0830. The first-order chi connectivity index (χ1) is 23.0. The van der Waals surface area contributed by atoms with Crippen LogP contribution in [0.1, 0.15) is 118 Å². The zero-order valence-corrected chi connectivity index (χ0v) is 29.8. The summed E-state index contributed by atoms with van der Waals surface area (Å²) in [6, 6.07) is 0. The molecule has 1 aliphatic rings. The van der Waals surface area contributed by atoms with E-state index in [1.54, 1.807) is 6.92 Å². The Morgan fingerprint density at radius 2 is 1.31 bits per heavy atom. The number of nitrogens with zero attached hydrogens (tertiary/aromatic N) is 1. The minimum atomic E-state index is -0.440. The molecule has 0 saturated carbocycles. The Morgan fingerprint density at radius 1 is 0.708 bits per heavy atom.